The van der Waals surface area contributed by atoms with Crippen LogP contribution in [0.4, 0.5) is 0 Å². The molecule has 1 fully saturated rings. The number of rotatable bonds is 3. The Hall–Kier alpha value is -1.40. The van der Waals surface area contributed by atoms with Gasteiger partial charge < -0.3 is 14.7 Å². The Kier molecular flexibility index (Phi) is 4.45. The molecule has 1 aromatic rings. The summed E-state index contributed by atoms with van der Waals surface area (Å²) in [4.78, 5) is 14.4. The molecule has 1 aromatic heterocycles. The summed E-state index contributed by atoms with van der Waals surface area (Å²) in [6, 6.07) is 0.232. The first-order valence-electron chi connectivity index (χ1n) is 7.03. The molecule has 1 aliphatic heterocycles. The third-order valence-corrected chi connectivity index (χ3v) is 3.73. The number of morpholine rings is 1. The monoisotopic (exact) mass is 281 g/mol. The van der Waals surface area contributed by atoms with E-state index in [1.165, 1.54) is 0 Å². The molecule has 112 valence electrons. The molecule has 0 aromatic carbocycles. The molecule has 1 N–H and O–H groups in total. The van der Waals surface area contributed by atoms with E-state index in [-0.39, 0.29) is 30.7 Å². The molecule has 0 saturated carbocycles. The number of amides is 1. The van der Waals surface area contributed by atoms with Crippen LogP contribution in [-0.4, -0.2) is 57.6 Å². The van der Waals surface area contributed by atoms with Gasteiger partial charge >= 0.3 is 0 Å². The fourth-order valence-electron chi connectivity index (χ4n) is 2.52. The first-order chi connectivity index (χ1) is 9.45. The van der Waals surface area contributed by atoms with E-state index in [4.69, 9.17) is 4.74 Å². The summed E-state index contributed by atoms with van der Waals surface area (Å²) >= 11 is 0. The van der Waals surface area contributed by atoms with E-state index in [1.54, 1.807) is 11.1 Å². The van der Waals surface area contributed by atoms with Crippen molar-refractivity contribution in [1.82, 2.24) is 14.7 Å². The van der Waals surface area contributed by atoms with Crippen LogP contribution in [-0.2, 0) is 4.74 Å². The summed E-state index contributed by atoms with van der Waals surface area (Å²) < 4.78 is 7.31. The van der Waals surface area contributed by atoms with E-state index in [2.05, 4.69) is 5.10 Å². The predicted molar refractivity (Wildman–Crippen MR) is 74.7 cm³/mol. The maximum Gasteiger partial charge on any atom is 0.257 e. The highest BCUT2D eigenvalue weighted by molar-refractivity contribution is 5.95. The van der Waals surface area contributed by atoms with Crippen molar-refractivity contribution in [2.24, 2.45) is 0 Å². The zero-order chi connectivity index (χ0) is 14.9. The summed E-state index contributed by atoms with van der Waals surface area (Å²) in [5, 5.41) is 13.5. The Morgan fingerprint density at radius 3 is 2.85 bits per heavy atom. The van der Waals surface area contributed by atoms with Crippen LogP contribution in [0.2, 0.25) is 0 Å². The van der Waals surface area contributed by atoms with Crippen LogP contribution in [0.1, 0.15) is 42.9 Å². The third-order valence-electron chi connectivity index (χ3n) is 3.73. The van der Waals surface area contributed by atoms with Gasteiger partial charge in [-0.1, -0.05) is 0 Å². The molecule has 1 saturated heterocycles. The molecule has 6 heteroatoms. The van der Waals surface area contributed by atoms with Crippen molar-refractivity contribution in [3.63, 3.8) is 0 Å². The van der Waals surface area contributed by atoms with Crippen molar-refractivity contribution in [3.05, 3.63) is 17.5 Å². The summed E-state index contributed by atoms with van der Waals surface area (Å²) in [5.41, 5.74) is 1.51. The molecular weight excluding hydrogens is 258 g/mol. The molecule has 0 bridgehead atoms. The fraction of sp³-hybridized carbons (Fsp3) is 0.714. The molecule has 0 spiro atoms. The molecule has 1 amide bonds. The molecule has 2 heterocycles. The second-order valence-corrected chi connectivity index (χ2v) is 5.63. The molecule has 0 aliphatic carbocycles. The maximum atomic E-state index is 12.7. The second kappa shape index (κ2) is 5.93. The van der Waals surface area contributed by atoms with E-state index < -0.39 is 0 Å². The van der Waals surface area contributed by atoms with Crippen molar-refractivity contribution < 1.29 is 14.6 Å². The Morgan fingerprint density at radius 1 is 1.60 bits per heavy atom. The number of carbonyl (C=O) groups excluding carboxylic acids is 1. The molecule has 2 unspecified atom stereocenters. The Bertz CT molecular complexity index is 484. The molecule has 0 radical (unpaired) electrons. The van der Waals surface area contributed by atoms with Crippen molar-refractivity contribution in [1.29, 1.82) is 0 Å². The van der Waals surface area contributed by atoms with Crippen LogP contribution in [0.3, 0.4) is 0 Å². The minimum Gasteiger partial charge on any atom is -0.394 e. The van der Waals surface area contributed by atoms with Crippen molar-refractivity contribution in [2.45, 2.75) is 45.9 Å². The third kappa shape index (κ3) is 2.71. The standard InChI is InChI=1S/C14H23N3O3/c1-9(2)17-11(4)13(5-15-17)14(19)16-6-12(7-18)20-8-10(16)3/h5,9-10,12,18H,6-8H2,1-4H3. The van der Waals surface area contributed by atoms with E-state index in [1.807, 2.05) is 32.4 Å². The van der Waals surface area contributed by atoms with E-state index in [0.717, 1.165) is 5.69 Å². The van der Waals surface area contributed by atoms with E-state index in [9.17, 15) is 9.90 Å². The Morgan fingerprint density at radius 2 is 2.30 bits per heavy atom. The topological polar surface area (TPSA) is 67.6 Å². The Balaban J connectivity index is 2.22. The smallest absolute Gasteiger partial charge is 0.257 e. The maximum absolute atomic E-state index is 12.7. The number of aliphatic hydroxyl groups is 1. The lowest BCUT2D eigenvalue weighted by molar-refractivity contribution is -0.0667. The summed E-state index contributed by atoms with van der Waals surface area (Å²) in [6.07, 6.45) is 1.34. The number of aliphatic hydroxyl groups excluding tert-OH is 1. The zero-order valence-electron chi connectivity index (χ0n) is 12.5. The molecule has 2 rings (SSSR count). The lowest BCUT2D eigenvalue weighted by Gasteiger charge is -2.37. The average Bonchev–Trinajstić information content (AvgIpc) is 2.80. The highest BCUT2D eigenvalue weighted by Crippen LogP contribution is 2.19. The van der Waals surface area contributed by atoms with Gasteiger partial charge in [0.1, 0.15) is 0 Å². The van der Waals surface area contributed by atoms with E-state index in [0.29, 0.717) is 18.7 Å². The van der Waals surface area contributed by atoms with Crippen LogP contribution in [0, 0.1) is 6.92 Å². The molecule has 6 nitrogen and oxygen atoms in total. The van der Waals surface area contributed by atoms with Gasteiger partial charge in [-0.2, -0.15) is 5.10 Å². The van der Waals surface area contributed by atoms with Crippen LogP contribution in [0.25, 0.3) is 0 Å². The fourth-order valence-corrected chi connectivity index (χ4v) is 2.52. The summed E-state index contributed by atoms with van der Waals surface area (Å²) in [6.45, 7) is 8.74. The van der Waals surface area contributed by atoms with Crippen molar-refractivity contribution >= 4 is 5.91 Å². The highest BCUT2D eigenvalue weighted by atomic mass is 16.5. The highest BCUT2D eigenvalue weighted by Gasteiger charge is 2.31. The van der Waals surface area contributed by atoms with Gasteiger partial charge in [-0.25, -0.2) is 0 Å². The summed E-state index contributed by atoms with van der Waals surface area (Å²) in [7, 11) is 0. The van der Waals surface area contributed by atoms with Crippen molar-refractivity contribution in [3.8, 4) is 0 Å². The first kappa shape index (κ1) is 15.0. The van der Waals surface area contributed by atoms with Gasteiger partial charge in [0, 0.05) is 18.3 Å². The molecule has 20 heavy (non-hydrogen) atoms. The number of hydrogen-bond donors (Lipinski definition) is 1. The summed E-state index contributed by atoms with van der Waals surface area (Å²) in [5.74, 6) is -0.0383. The predicted octanol–water partition coefficient (Wildman–Crippen LogP) is 0.994. The number of aromatic nitrogens is 2. The largest absolute Gasteiger partial charge is 0.394 e. The van der Waals surface area contributed by atoms with Gasteiger partial charge in [0.15, 0.2) is 0 Å². The number of hydrogen-bond acceptors (Lipinski definition) is 4. The normalized spacial score (nSPS) is 23.4. The minimum atomic E-state index is -0.296. The first-order valence-corrected chi connectivity index (χ1v) is 7.03. The SMILES string of the molecule is Cc1c(C(=O)N2CC(CO)OCC2C)cnn1C(C)C. The number of carbonyl (C=O) groups is 1. The zero-order valence-corrected chi connectivity index (χ0v) is 12.5. The quantitative estimate of drug-likeness (QED) is 0.897. The lowest BCUT2D eigenvalue weighted by atomic mass is 10.1. The molecule has 1 aliphatic rings. The number of ether oxygens (including phenoxy) is 1. The molecular formula is C14H23N3O3. The molecule has 2 atom stereocenters. The van der Waals surface area contributed by atoms with Gasteiger partial charge in [-0.05, 0) is 27.7 Å². The van der Waals surface area contributed by atoms with Crippen LogP contribution < -0.4 is 0 Å². The van der Waals surface area contributed by atoms with Gasteiger partial charge in [-0.3, -0.25) is 9.48 Å². The minimum absolute atomic E-state index is 0.00657. The van der Waals surface area contributed by atoms with Crippen molar-refractivity contribution in [2.75, 3.05) is 19.8 Å². The van der Waals surface area contributed by atoms with Crippen LogP contribution in [0.15, 0.2) is 6.20 Å². The Labute approximate surface area is 119 Å². The second-order valence-electron chi connectivity index (χ2n) is 5.63. The van der Waals surface area contributed by atoms with Gasteiger partial charge in [-0.15, -0.1) is 0 Å². The van der Waals surface area contributed by atoms with Gasteiger partial charge in [0.2, 0.25) is 0 Å². The van der Waals surface area contributed by atoms with Crippen LogP contribution >= 0.6 is 0 Å². The lowest BCUT2D eigenvalue weighted by Crippen LogP contribution is -2.52. The van der Waals surface area contributed by atoms with Gasteiger partial charge in [0.25, 0.3) is 5.91 Å². The average molecular weight is 281 g/mol. The van der Waals surface area contributed by atoms with Crippen LogP contribution in [0.5, 0.6) is 0 Å². The van der Waals surface area contributed by atoms with Gasteiger partial charge in [0.05, 0.1) is 37.1 Å². The number of nitrogens with zero attached hydrogens (tertiary/aromatic N) is 3. The van der Waals surface area contributed by atoms with E-state index >= 15 is 0 Å².